The minimum Gasteiger partial charge on any atom is -0.468 e. The first-order valence-electron chi connectivity index (χ1n) is 12.2. The van der Waals surface area contributed by atoms with E-state index in [0.29, 0.717) is 5.56 Å². The maximum atomic E-state index is 14.1. The number of hydrogen-bond donors (Lipinski definition) is 0. The summed E-state index contributed by atoms with van der Waals surface area (Å²) in [6, 6.07) is 26.5. The largest absolute Gasteiger partial charge is 0.468 e. The molecule has 0 spiro atoms. The lowest BCUT2D eigenvalue weighted by molar-refractivity contribution is -0.146. The Morgan fingerprint density at radius 1 is 0.750 bits per heavy atom. The van der Waals surface area contributed by atoms with Crippen molar-refractivity contribution in [3.8, 4) is 0 Å². The van der Waals surface area contributed by atoms with E-state index in [1.54, 1.807) is 0 Å². The SMILES string of the molecule is COC(=O)c1c2c(cc3ccccc13)[C@H]1C=C[C@@H]2C2c3ccccc3C1(C(=O)OC)c1ccccc12. The van der Waals surface area contributed by atoms with Crippen LogP contribution in [-0.4, -0.2) is 26.2 Å². The van der Waals surface area contributed by atoms with Gasteiger partial charge in [-0.05, 0) is 44.2 Å². The van der Waals surface area contributed by atoms with Crippen molar-refractivity contribution in [2.24, 2.45) is 0 Å². The Hall–Kier alpha value is -4.18. The van der Waals surface area contributed by atoms with Crippen LogP contribution in [-0.2, 0) is 19.7 Å². The van der Waals surface area contributed by atoms with Crippen molar-refractivity contribution in [3.05, 3.63) is 130 Å². The second-order valence-corrected chi connectivity index (χ2v) is 9.81. The second-order valence-electron chi connectivity index (χ2n) is 9.81. The van der Waals surface area contributed by atoms with Crippen LogP contribution >= 0.6 is 0 Å². The second kappa shape index (κ2) is 7.41. The number of ether oxygens (including phenoxy) is 2. The number of rotatable bonds is 2. The summed E-state index contributed by atoms with van der Waals surface area (Å²) in [6.45, 7) is 0. The molecule has 4 nitrogen and oxygen atoms in total. The van der Waals surface area contributed by atoms with Crippen molar-refractivity contribution < 1.29 is 19.1 Å². The minimum atomic E-state index is -1.08. The van der Waals surface area contributed by atoms with Gasteiger partial charge in [0.25, 0.3) is 0 Å². The van der Waals surface area contributed by atoms with Crippen LogP contribution in [0.25, 0.3) is 10.8 Å². The van der Waals surface area contributed by atoms with Gasteiger partial charge in [-0.1, -0.05) is 91.0 Å². The predicted molar refractivity (Wildman–Crippen MR) is 137 cm³/mol. The Morgan fingerprint density at radius 2 is 1.39 bits per heavy atom. The van der Waals surface area contributed by atoms with Crippen molar-refractivity contribution in [2.45, 2.75) is 23.2 Å². The Bertz CT molecular complexity index is 1580. The molecule has 0 N–H and O–H groups in total. The first kappa shape index (κ1) is 21.1. The van der Waals surface area contributed by atoms with Crippen molar-refractivity contribution in [3.63, 3.8) is 0 Å². The molecule has 4 aliphatic rings. The normalized spacial score (nSPS) is 24.3. The fraction of sp³-hybridized carbons (Fsp3) is 0.188. The van der Waals surface area contributed by atoms with Gasteiger partial charge in [-0.2, -0.15) is 0 Å². The summed E-state index contributed by atoms with van der Waals surface area (Å²) in [5.74, 6) is -1.15. The quantitative estimate of drug-likeness (QED) is 0.266. The van der Waals surface area contributed by atoms with E-state index in [2.05, 4.69) is 42.5 Å². The summed E-state index contributed by atoms with van der Waals surface area (Å²) < 4.78 is 11.0. The lowest BCUT2D eigenvalue weighted by Gasteiger charge is -2.52. The van der Waals surface area contributed by atoms with Crippen molar-refractivity contribution >= 4 is 22.7 Å². The molecular formula is C32H24O4. The summed E-state index contributed by atoms with van der Waals surface area (Å²) in [5.41, 5.74) is 5.64. The molecule has 8 rings (SSSR count). The molecule has 4 heteroatoms. The smallest absolute Gasteiger partial charge is 0.338 e. The summed E-state index contributed by atoms with van der Waals surface area (Å²) in [4.78, 5) is 27.5. The topological polar surface area (TPSA) is 52.6 Å². The van der Waals surface area contributed by atoms with Crippen molar-refractivity contribution in [1.29, 1.82) is 0 Å². The fourth-order valence-electron chi connectivity index (χ4n) is 7.21. The van der Waals surface area contributed by atoms with Crippen LogP contribution in [0.1, 0.15) is 61.5 Å². The van der Waals surface area contributed by atoms with Crippen LogP contribution in [0.3, 0.4) is 0 Å². The molecule has 0 unspecified atom stereocenters. The molecule has 36 heavy (non-hydrogen) atoms. The zero-order valence-electron chi connectivity index (χ0n) is 20.0. The van der Waals surface area contributed by atoms with Gasteiger partial charge >= 0.3 is 11.9 Å². The highest BCUT2D eigenvalue weighted by Crippen LogP contribution is 2.63. The van der Waals surface area contributed by atoms with Crippen LogP contribution in [0.4, 0.5) is 0 Å². The van der Waals surface area contributed by atoms with Gasteiger partial charge in [-0.15, -0.1) is 0 Å². The maximum Gasteiger partial charge on any atom is 0.338 e. The summed E-state index contributed by atoms with van der Waals surface area (Å²) in [6.07, 6.45) is 4.36. The van der Waals surface area contributed by atoms with Crippen LogP contribution in [0, 0.1) is 0 Å². The number of methoxy groups -OCH3 is 2. The first-order chi connectivity index (χ1) is 17.6. The average Bonchev–Trinajstić information content (AvgIpc) is 2.92. The highest BCUT2D eigenvalue weighted by molar-refractivity contribution is 6.07. The molecule has 4 aromatic rings. The molecule has 2 atom stereocenters. The average molecular weight is 473 g/mol. The van der Waals surface area contributed by atoms with E-state index >= 15 is 0 Å². The molecule has 0 aliphatic heterocycles. The molecule has 4 aliphatic carbocycles. The van der Waals surface area contributed by atoms with E-state index in [9.17, 15) is 9.59 Å². The van der Waals surface area contributed by atoms with Gasteiger partial charge in [0.05, 0.1) is 19.8 Å². The Labute approximate surface area is 209 Å². The van der Waals surface area contributed by atoms with E-state index < -0.39 is 5.41 Å². The van der Waals surface area contributed by atoms with Gasteiger partial charge in [0, 0.05) is 17.8 Å². The number of carbonyl (C=O) groups is 2. The minimum absolute atomic E-state index is 0.0593. The Kier molecular flexibility index (Phi) is 4.35. The Morgan fingerprint density at radius 3 is 2.06 bits per heavy atom. The molecule has 4 aromatic carbocycles. The van der Waals surface area contributed by atoms with Crippen molar-refractivity contribution in [2.75, 3.05) is 14.2 Å². The molecule has 0 radical (unpaired) electrons. The van der Waals surface area contributed by atoms with Crippen LogP contribution in [0.2, 0.25) is 0 Å². The third-order valence-corrected chi connectivity index (χ3v) is 8.46. The highest BCUT2D eigenvalue weighted by Gasteiger charge is 2.59. The summed E-state index contributed by atoms with van der Waals surface area (Å²) in [5, 5.41) is 1.82. The molecule has 4 bridgehead atoms. The van der Waals surface area contributed by atoms with Crippen LogP contribution in [0.5, 0.6) is 0 Å². The molecule has 0 saturated heterocycles. The van der Waals surface area contributed by atoms with Gasteiger partial charge < -0.3 is 9.47 Å². The predicted octanol–water partition coefficient (Wildman–Crippen LogP) is 5.98. The monoisotopic (exact) mass is 472 g/mol. The number of benzene rings is 4. The molecule has 0 aromatic heterocycles. The van der Waals surface area contributed by atoms with E-state index in [1.165, 1.54) is 14.2 Å². The molecule has 0 saturated carbocycles. The van der Waals surface area contributed by atoms with E-state index in [4.69, 9.17) is 9.47 Å². The lowest BCUT2D eigenvalue weighted by Crippen LogP contribution is -2.50. The number of allylic oxidation sites excluding steroid dienone is 2. The third-order valence-electron chi connectivity index (χ3n) is 8.46. The number of hydrogen-bond acceptors (Lipinski definition) is 4. The number of carbonyl (C=O) groups excluding carboxylic acids is 2. The molecule has 0 fully saturated rings. The van der Waals surface area contributed by atoms with E-state index in [1.807, 2.05) is 48.5 Å². The molecular weight excluding hydrogens is 448 g/mol. The van der Waals surface area contributed by atoms with Gasteiger partial charge in [-0.25, -0.2) is 4.79 Å². The van der Waals surface area contributed by atoms with Crippen LogP contribution < -0.4 is 0 Å². The highest BCUT2D eigenvalue weighted by atomic mass is 16.5. The third kappa shape index (κ3) is 2.39. The molecule has 0 amide bonds. The summed E-state index contributed by atoms with van der Waals surface area (Å²) in [7, 11) is 2.89. The van der Waals surface area contributed by atoms with Crippen LogP contribution in [0.15, 0.2) is 91.0 Å². The molecule has 176 valence electrons. The zero-order chi connectivity index (χ0) is 24.6. The van der Waals surface area contributed by atoms with Gasteiger partial charge in [0.1, 0.15) is 5.41 Å². The summed E-state index contributed by atoms with van der Waals surface area (Å²) >= 11 is 0. The van der Waals surface area contributed by atoms with Gasteiger partial charge in [-0.3, -0.25) is 4.79 Å². The van der Waals surface area contributed by atoms with Gasteiger partial charge in [0.15, 0.2) is 0 Å². The number of fused-ring (bicyclic) bond motifs is 1. The Balaban J connectivity index is 1.71. The van der Waals surface area contributed by atoms with Crippen molar-refractivity contribution in [1.82, 2.24) is 0 Å². The van der Waals surface area contributed by atoms with E-state index in [0.717, 1.165) is 44.2 Å². The zero-order valence-corrected chi connectivity index (χ0v) is 20.0. The standard InChI is InChI=1S/C32H24O4/c1-35-30(33)29-19-10-4-3-9-18(19)17-23-26-16-15-22(28(23)29)27-20-11-5-7-13-24(20)32(26,31(34)36-2)25-14-8-6-12-21(25)27/h3-17,22,26-27H,1-2H3/t22-,26-,27?,32?/m1/s1. The first-order valence-corrected chi connectivity index (χ1v) is 12.2. The van der Waals surface area contributed by atoms with Gasteiger partial charge in [0.2, 0.25) is 0 Å². The fourth-order valence-corrected chi connectivity index (χ4v) is 7.21. The molecule has 0 heterocycles. The van der Waals surface area contributed by atoms with E-state index in [-0.39, 0.29) is 29.7 Å². The number of esters is 2. The maximum absolute atomic E-state index is 14.1. The lowest BCUT2D eigenvalue weighted by atomic mass is 9.49.